The molecule has 0 spiro atoms. The highest BCUT2D eigenvalue weighted by atomic mass is 16.5. The highest BCUT2D eigenvalue weighted by Gasteiger charge is 2.36. The molecule has 3 fully saturated rings. The number of likely N-dealkylation sites (tertiary alicyclic amines) is 1. The van der Waals surface area contributed by atoms with Crippen molar-refractivity contribution in [3.63, 3.8) is 0 Å². The number of rotatable bonds is 4. The lowest BCUT2D eigenvalue weighted by Crippen LogP contribution is -2.45. The van der Waals surface area contributed by atoms with Crippen LogP contribution in [0.2, 0.25) is 0 Å². The maximum absolute atomic E-state index is 5.33. The standard InChI is InChI=1S/C16H30N2O/c1-19-12-13-5-4-8-18(10-13)11-15-9-14-6-2-3-7-16(14)17-15/h13-17H,2-12H2,1H3. The Morgan fingerprint density at radius 3 is 2.89 bits per heavy atom. The molecule has 0 aromatic rings. The second kappa shape index (κ2) is 6.55. The molecule has 0 aromatic carbocycles. The monoisotopic (exact) mass is 266 g/mol. The average molecular weight is 266 g/mol. The summed E-state index contributed by atoms with van der Waals surface area (Å²) in [5.74, 6) is 1.75. The van der Waals surface area contributed by atoms with Gasteiger partial charge in [0.15, 0.2) is 0 Å². The van der Waals surface area contributed by atoms with Crippen molar-refractivity contribution in [2.24, 2.45) is 11.8 Å². The number of hydrogen-bond acceptors (Lipinski definition) is 3. The molecule has 0 bridgehead atoms. The van der Waals surface area contributed by atoms with E-state index in [9.17, 15) is 0 Å². The van der Waals surface area contributed by atoms with Crippen LogP contribution in [0.25, 0.3) is 0 Å². The van der Waals surface area contributed by atoms with Gasteiger partial charge in [0.1, 0.15) is 0 Å². The number of nitrogens with zero attached hydrogens (tertiary/aromatic N) is 1. The van der Waals surface area contributed by atoms with Crippen molar-refractivity contribution in [3.8, 4) is 0 Å². The summed E-state index contributed by atoms with van der Waals surface area (Å²) in [4.78, 5) is 2.68. The van der Waals surface area contributed by atoms with Crippen molar-refractivity contribution >= 4 is 0 Å². The lowest BCUT2D eigenvalue weighted by molar-refractivity contribution is 0.0864. The third kappa shape index (κ3) is 3.50. The fraction of sp³-hybridized carbons (Fsp3) is 1.00. The molecule has 0 aromatic heterocycles. The van der Waals surface area contributed by atoms with E-state index in [-0.39, 0.29) is 0 Å². The van der Waals surface area contributed by atoms with Gasteiger partial charge in [0.2, 0.25) is 0 Å². The quantitative estimate of drug-likeness (QED) is 0.845. The van der Waals surface area contributed by atoms with Gasteiger partial charge in [0.25, 0.3) is 0 Å². The first-order valence-electron chi connectivity index (χ1n) is 8.32. The molecule has 4 atom stereocenters. The lowest BCUT2D eigenvalue weighted by atomic mass is 9.85. The molecule has 19 heavy (non-hydrogen) atoms. The van der Waals surface area contributed by atoms with Gasteiger partial charge in [-0.25, -0.2) is 0 Å². The molecule has 3 rings (SSSR count). The number of fused-ring (bicyclic) bond motifs is 1. The van der Waals surface area contributed by atoms with Gasteiger partial charge >= 0.3 is 0 Å². The van der Waals surface area contributed by atoms with Crippen LogP contribution >= 0.6 is 0 Å². The van der Waals surface area contributed by atoms with Crippen LogP contribution in [0.15, 0.2) is 0 Å². The number of hydrogen-bond donors (Lipinski definition) is 1. The summed E-state index contributed by atoms with van der Waals surface area (Å²) in [7, 11) is 1.84. The number of piperidine rings is 1. The molecule has 0 amide bonds. The SMILES string of the molecule is COCC1CCCN(CC2CC3CCCCC3N2)C1. The molecule has 2 aliphatic heterocycles. The highest BCUT2D eigenvalue weighted by molar-refractivity contribution is 4.94. The Kier molecular flexibility index (Phi) is 4.78. The Morgan fingerprint density at radius 2 is 2.05 bits per heavy atom. The first-order chi connectivity index (χ1) is 9.35. The van der Waals surface area contributed by atoms with Gasteiger partial charge < -0.3 is 15.0 Å². The van der Waals surface area contributed by atoms with Crippen LogP contribution in [0.5, 0.6) is 0 Å². The van der Waals surface area contributed by atoms with Crippen molar-refractivity contribution in [1.82, 2.24) is 10.2 Å². The van der Waals surface area contributed by atoms with Crippen LogP contribution in [-0.2, 0) is 4.74 Å². The third-order valence-corrected chi connectivity index (χ3v) is 5.43. The van der Waals surface area contributed by atoms with E-state index in [0.717, 1.165) is 30.5 Å². The number of nitrogens with one attached hydrogen (secondary N) is 1. The minimum absolute atomic E-state index is 0.759. The number of ether oxygens (including phenoxy) is 1. The van der Waals surface area contributed by atoms with E-state index in [1.165, 1.54) is 64.6 Å². The van der Waals surface area contributed by atoms with Crippen LogP contribution in [0.4, 0.5) is 0 Å². The summed E-state index contributed by atoms with van der Waals surface area (Å²) in [6.07, 6.45) is 9.95. The molecule has 4 unspecified atom stereocenters. The zero-order valence-electron chi connectivity index (χ0n) is 12.4. The van der Waals surface area contributed by atoms with Crippen molar-refractivity contribution < 1.29 is 4.74 Å². The van der Waals surface area contributed by atoms with Gasteiger partial charge in [0.05, 0.1) is 6.61 Å². The lowest BCUT2D eigenvalue weighted by Gasteiger charge is -2.34. The van der Waals surface area contributed by atoms with E-state index in [1.54, 1.807) is 0 Å². The second-order valence-electron chi connectivity index (χ2n) is 6.97. The summed E-state index contributed by atoms with van der Waals surface area (Å²) < 4.78 is 5.33. The Bertz CT molecular complexity index is 268. The molecule has 2 saturated heterocycles. The van der Waals surface area contributed by atoms with E-state index >= 15 is 0 Å². The average Bonchev–Trinajstić information content (AvgIpc) is 2.81. The van der Waals surface area contributed by atoms with Crippen molar-refractivity contribution in [2.75, 3.05) is 33.4 Å². The first-order valence-corrected chi connectivity index (χ1v) is 8.32. The van der Waals surface area contributed by atoms with Crippen molar-refractivity contribution in [2.45, 2.75) is 57.0 Å². The summed E-state index contributed by atoms with van der Waals surface area (Å²) in [6, 6.07) is 1.60. The summed E-state index contributed by atoms with van der Waals surface area (Å²) >= 11 is 0. The molecular weight excluding hydrogens is 236 g/mol. The van der Waals surface area contributed by atoms with Crippen LogP contribution in [0.3, 0.4) is 0 Å². The molecule has 2 heterocycles. The smallest absolute Gasteiger partial charge is 0.0502 e. The van der Waals surface area contributed by atoms with E-state index in [0.29, 0.717) is 0 Å². The fourth-order valence-corrected chi connectivity index (χ4v) is 4.57. The van der Waals surface area contributed by atoms with E-state index in [2.05, 4.69) is 10.2 Å². The fourth-order valence-electron chi connectivity index (χ4n) is 4.57. The molecule has 3 heteroatoms. The van der Waals surface area contributed by atoms with E-state index < -0.39 is 0 Å². The Morgan fingerprint density at radius 1 is 1.16 bits per heavy atom. The summed E-state index contributed by atoms with van der Waals surface area (Å²) in [5, 5.41) is 3.91. The van der Waals surface area contributed by atoms with Gasteiger partial charge in [0, 0.05) is 32.3 Å². The van der Waals surface area contributed by atoms with Crippen molar-refractivity contribution in [3.05, 3.63) is 0 Å². The van der Waals surface area contributed by atoms with Gasteiger partial charge in [-0.2, -0.15) is 0 Å². The largest absolute Gasteiger partial charge is 0.384 e. The minimum Gasteiger partial charge on any atom is -0.384 e. The van der Waals surface area contributed by atoms with Gasteiger partial charge in [-0.1, -0.05) is 12.8 Å². The third-order valence-electron chi connectivity index (χ3n) is 5.43. The summed E-state index contributed by atoms with van der Waals surface area (Å²) in [6.45, 7) is 4.77. The molecule has 0 radical (unpaired) electrons. The topological polar surface area (TPSA) is 24.5 Å². The van der Waals surface area contributed by atoms with Crippen LogP contribution in [0, 0.1) is 11.8 Å². The van der Waals surface area contributed by atoms with Gasteiger partial charge in [-0.05, 0) is 50.5 Å². The molecule has 3 aliphatic rings. The first kappa shape index (κ1) is 13.8. The molecule has 110 valence electrons. The second-order valence-corrected chi connectivity index (χ2v) is 6.97. The predicted molar refractivity (Wildman–Crippen MR) is 78.3 cm³/mol. The Balaban J connectivity index is 1.46. The van der Waals surface area contributed by atoms with Gasteiger partial charge in [-0.15, -0.1) is 0 Å². The molecular formula is C16H30N2O. The predicted octanol–water partition coefficient (Wildman–Crippen LogP) is 2.27. The number of methoxy groups -OCH3 is 1. The maximum Gasteiger partial charge on any atom is 0.0502 e. The van der Waals surface area contributed by atoms with Crippen LogP contribution < -0.4 is 5.32 Å². The highest BCUT2D eigenvalue weighted by Crippen LogP contribution is 2.33. The van der Waals surface area contributed by atoms with Crippen molar-refractivity contribution in [1.29, 1.82) is 0 Å². The van der Waals surface area contributed by atoms with E-state index in [1.807, 2.05) is 7.11 Å². The normalized spacial score (nSPS) is 40.3. The van der Waals surface area contributed by atoms with E-state index in [4.69, 9.17) is 4.74 Å². The molecule has 1 aliphatic carbocycles. The molecule has 1 saturated carbocycles. The molecule has 1 N–H and O–H groups in total. The maximum atomic E-state index is 5.33. The Labute approximate surface area is 118 Å². The minimum atomic E-state index is 0.759. The summed E-state index contributed by atoms with van der Waals surface area (Å²) in [5.41, 5.74) is 0. The molecule has 3 nitrogen and oxygen atoms in total. The zero-order valence-corrected chi connectivity index (χ0v) is 12.4. The Hall–Kier alpha value is -0.120. The van der Waals surface area contributed by atoms with Crippen LogP contribution in [-0.4, -0.2) is 50.3 Å². The van der Waals surface area contributed by atoms with Gasteiger partial charge in [-0.3, -0.25) is 0 Å². The zero-order chi connectivity index (χ0) is 13.1. The van der Waals surface area contributed by atoms with Crippen LogP contribution in [0.1, 0.15) is 44.9 Å².